The van der Waals surface area contributed by atoms with Gasteiger partial charge in [0.25, 0.3) is 0 Å². The number of nitrogens with two attached hydrogens (primary N) is 1. The molecule has 1 aliphatic heterocycles. The Labute approximate surface area is 119 Å². The van der Waals surface area contributed by atoms with Crippen LogP contribution in [0.1, 0.15) is 24.0 Å². The maximum absolute atomic E-state index is 13.4. The number of benzene rings is 1. The maximum Gasteiger partial charge on any atom is 0.234 e. The molecule has 0 aromatic heterocycles. The van der Waals surface area contributed by atoms with Crippen LogP contribution in [0, 0.1) is 12.7 Å². The molecule has 3 N–H and O–H groups in total. The van der Waals surface area contributed by atoms with E-state index in [1.54, 1.807) is 13.0 Å². The van der Waals surface area contributed by atoms with Crippen molar-refractivity contribution in [1.82, 2.24) is 10.2 Å². The fourth-order valence-corrected chi connectivity index (χ4v) is 2.56. The van der Waals surface area contributed by atoms with Crippen molar-refractivity contribution in [2.24, 2.45) is 5.73 Å². The van der Waals surface area contributed by atoms with E-state index < -0.39 is 0 Å². The van der Waals surface area contributed by atoms with E-state index >= 15 is 0 Å². The topological polar surface area (TPSA) is 58.4 Å². The fraction of sp³-hybridized carbons (Fsp3) is 0.533. The molecule has 0 saturated carbocycles. The van der Waals surface area contributed by atoms with Crippen molar-refractivity contribution in [1.29, 1.82) is 0 Å². The lowest BCUT2D eigenvalue weighted by Crippen LogP contribution is -2.42. The zero-order valence-electron chi connectivity index (χ0n) is 11.9. The number of carbonyl (C=O) groups is 1. The third kappa shape index (κ3) is 3.77. The smallest absolute Gasteiger partial charge is 0.234 e. The summed E-state index contributed by atoms with van der Waals surface area (Å²) in [4.78, 5) is 14.0. The average molecular weight is 279 g/mol. The molecule has 1 aromatic rings. The van der Waals surface area contributed by atoms with Gasteiger partial charge in [0.05, 0.1) is 6.54 Å². The molecule has 1 amide bonds. The van der Waals surface area contributed by atoms with Crippen LogP contribution in [0.15, 0.2) is 18.2 Å². The number of rotatable bonds is 5. The molecule has 1 unspecified atom stereocenters. The number of hydrogen-bond acceptors (Lipinski definition) is 3. The van der Waals surface area contributed by atoms with Gasteiger partial charge in [0.2, 0.25) is 5.91 Å². The molecular formula is C15H22FN3O. The first-order chi connectivity index (χ1) is 9.60. The second-order valence-corrected chi connectivity index (χ2v) is 5.36. The second kappa shape index (κ2) is 6.81. The van der Waals surface area contributed by atoms with Gasteiger partial charge in [-0.25, -0.2) is 4.39 Å². The van der Waals surface area contributed by atoms with Crippen molar-refractivity contribution in [3.63, 3.8) is 0 Å². The summed E-state index contributed by atoms with van der Waals surface area (Å²) in [7, 11) is 0. The number of amides is 1. The van der Waals surface area contributed by atoms with Crippen LogP contribution in [0.3, 0.4) is 0 Å². The molecule has 20 heavy (non-hydrogen) atoms. The van der Waals surface area contributed by atoms with E-state index in [1.165, 1.54) is 6.07 Å². The molecule has 2 rings (SSSR count). The van der Waals surface area contributed by atoms with Crippen LogP contribution in [0.25, 0.3) is 0 Å². The van der Waals surface area contributed by atoms with Crippen LogP contribution in [-0.2, 0) is 11.3 Å². The maximum atomic E-state index is 13.4. The molecule has 0 radical (unpaired) electrons. The summed E-state index contributed by atoms with van der Waals surface area (Å²) in [6.07, 6.45) is 2.16. The summed E-state index contributed by atoms with van der Waals surface area (Å²) in [5, 5.41) is 2.83. The number of nitrogens with one attached hydrogen (secondary N) is 1. The molecule has 4 nitrogen and oxygen atoms in total. The minimum Gasteiger partial charge on any atom is -0.351 e. The van der Waals surface area contributed by atoms with Gasteiger partial charge in [0.15, 0.2) is 0 Å². The zero-order valence-corrected chi connectivity index (χ0v) is 11.9. The fourth-order valence-electron chi connectivity index (χ4n) is 2.56. The average Bonchev–Trinajstić information content (AvgIpc) is 2.87. The Morgan fingerprint density at radius 1 is 1.55 bits per heavy atom. The van der Waals surface area contributed by atoms with Gasteiger partial charge >= 0.3 is 0 Å². The molecular weight excluding hydrogens is 257 g/mol. The van der Waals surface area contributed by atoms with E-state index in [0.717, 1.165) is 24.9 Å². The highest BCUT2D eigenvalue weighted by Gasteiger charge is 2.24. The van der Waals surface area contributed by atoms with Gasteiger partial charge in [0.1, 0.15) is 5.82 Å². The van der Waals surface area contributed by atoms with Crippen LogP contribution >= 0.6 is 0 Å². The highest BCUT2D eigenvalue weighted by atomic mass is 19.1. The molecule has 1 atom stereocenters. The van der Waals surface area contributed by atoms with Crippen LogP contribution in [-0.4, -0.2) is 36.5 Å². The monoisotopic (exact) mass is 279 g/mol. The largest absolute Gasteiger partial charge is 0.351 e. The predicted octanol–water partition coefficient (Wildman–Crippen LogP) is 1.17. The van der Waals surface area contributed by atoms with Gasteiger partial charge in [-0.1, -0.05) is 12.1 Å². The Kier molecular flexibility index (Phi) is 5.09. The predicted molar refractivity (Wildman–Crippen MR) is 76.6 cm³/mol. The Morgan fingerprint density at radius 3 is 3.05 bits per heavy atom. The first-order valence-corrected chi connectivity index (χ1v) is 7.06. The molecule has 0 bridgehead atoms. The molecule has 0 aliphatic carbocycles. The van der Waals surface area contributed by atoms with E-state index in [1.807, 2.05) is 6.07 Å². The van der Waals surface area contributed by atoms with Crippen LogP contribution in [0.2, 0.25) is 0 Å². The molecule has 1 saturated heterocycles. The minimum absolute atomic E-state index is 0.0358. The number of nitrogens with zero attached hydrogens (tertiary/aromatic N) is 1. The van der Waals surface area contributed by atoms with E-state index in [-0.39, 0.29) is 11.7 Å². The second-order valence-electron chi connectivity index (χ2n) is 5.36. The molecule has 110 valence electrons. The molecule has 1 aliphatic rings. The van der Waals surface area contributed by atoms with Crippen molar-refractivity contribution in [3.05, 3.63) is 35.1 Å². The zero-order chi connectivity index (χ0) is 14.5. The highest BCUT2D eigenvalue weighted by Crippen LogP contribution is 2.15. The van der Waals surface area contributed by atoms with Gasteiger partial charge in [-0.3, -0.25) is 9.69 Å². The Balaban J connectivity index is 1.81. The summed E-state index contributed by atoms with van der Waals surface area (Å²) in [6, 6.07) is 5.34. The molecule has 0 spiro atoms. The quantitative estimate of drug-likeness (QED) is 0.851. The third-order valence-electron chi connectivity index (χ3n) is 3.84. The molecule has 5 heteroatoms. The van der Waals surface area contributed by atoms with Crippen molar-refractivity contribution < 1.29 is 9.18 Å². The number of carbonyl (C=O) groups excluding carboxylic acids is 1. The van der Waals surface area contributed by atoms with Gasteiger partial charge in [0, 0.05) is 19.1 Å². The Hall–Kier alpha value is -1.46. The van der Waals surface area contributed by atoms with E-state index in [9.17, 15) is 9.18 Å². The lowest BCUT2D eigenvalue weighted by molar-refractivity contribution is -0.122. The van der Waals surface area contributed by atoms with Crippen molar-refractivity contribution in [2.45, 2.75) is 32.4 Å². The number of aryl methyl sites for hydroxylation is 1. The number of halogens is 1. The lowest BCUT2D eigenvalue weighted by Gasteiger charge is -2.22. The Bertz CT molecular complexity index is 478. The molecule has 1 heterocycles. The molecule has 1 fully saturated rings. The number of hydrogen-bond donors (Lipinski definition) is 2. The van der Waals surface area contributed by atoms with Gasteiger partial charge in [-0.05, 0) is 43.5 Å². The minimum atomic E-state index is -0.237. The lowest BCUT2D eigenvalue weighted by atomic mass is 10.1. The third-order valence-corrected chi connectivity index (χ3v) is 3.84. The van der Waals surface area contributed by atoms with Crippen LogP contribution in [0.4, 0.5) is 4.39 Å². The van der Waals surface area contributed by atoms with Gasteiger partial charge in [-0.2, -0.15) is 0 Å². The summed E-state index contributed by atoms with van der Waals surface area (Å²) in [5.74, 6) is -0.272. The van der Waals surface area contributed by atoms with Gasteiger partial charge in [-0.15, -0.1) is 0 Å². The normalized spacial score (nSPS) is 19.2. The SMILES string of the molecule is Cc1ccc(CNC(=O)CN2CCCC2CN)cc1F. The first kappa shape index (κ1) is 14.9. The summed E-state index contributed by atoms with van der Waals surface area (Å²) >= 11 is 0. The summed E-state index contributed by atoms with van der Waals surface area (Å²) < 4.78 is 13.4. The van der Waals surface area contributed by atoms with Crippen molar-refractivity contribution in [2.75, 3.05) is 19.6 Å². The number of likely N-dealkylation sites (tertiary alicyclic amines) is 1. The van der Waals surface area contributed by atoms with Crippen molar-refractivity contribution in [3.8, 4) is 0 Å². The Morgan fingerprint density at radius 2 is 2.35 bits per heavy atom. The van der Waals surface area contributed by atoms with E-state index in [4.69, 9.17) is 5.73 Å². The standard InChI is InChI=1S/C15H22FN3O/c1-11-4-5-12(7-14(11)16)9-18-15(20)10-19-6-2-3-13(19)8-17/h4-5,7,13H,2-3,6,8-10,17H2,1H3,(H,18,20). The summed E-state index contributed by atoms with van der Waals surface area (Å²) in [6.45, 7) is 3.97. The van der Waals surface area contributed by atoms with E-state index in [2.05, 4.69) is 10.2 Å². The first-order valence-electron chi connectivity index (χ1n) is 7.06. The van der Waals surface area contributed by atoms with Crippen LogP contribution < -0.4 is 11.1 Å². The van der Waals surface area contributed by atoms with Crippen molar-refractivity contribution >= 4 is 5.91 Å². The molecule has 1 aromatic carbocycles. The van der Waals surface area contributed by atoms with Gasteiger partial charge < -0.3 is 11.1 Å². The van der Waals surface area contributed by atoms with E-state index in [0.29, 0.717) is 31.2 Å². The van der Waals surface area contributed by atoms with Crippen LogP contribution in [0.5, 0.6) is 0 Å². The highest BCUT2D eigenvalue weighted by molar-refractivity contribution is 5.78. The summed E-state index contributed by atoms with van der Waals surface area (Å²) in [5.41, 5.74) is 7.07.